The Hall–Kier alpha value is 0.0800. The van der Waals surface area contributed by atoms with Crippen molar-refractivity contribution in [3.05, 3.63) is 34.0 Å². The molecule has 1 aliphatic rings. The molecule has 1 aliphatic carbocycles. The molecule has 0 radical (unpaired) electrons. The van der Waals surface area contributed by atoms with Crippen molar-refractivity contribution < 1.29 is 23.5 Å². The maximum atomic E-state index is 10.7. The molecule has 0 aliphatic heterocycles. The molecule has 1 N–H and O–H groups in total. The van der Waals surface area contributed by atoms with Crippen LogP contribution < -0.4 is 0 Å². The molecule has 0 spiro atoms. The smallest absolute Gasteiger partial charge is 0.303 e. The highest BCUT2D eigenvalue weighted by atomic mass is 32.1. The summed E-state index contributed by atoms with van der Waals surface area (Å²) in [5.74, 6) is -0.323. The number of aryl methyl sites for hydroxylation is 2. The number of hydrogen-bond acceptors (Lipinski definition) is 5. The van der Waals surface area contributed by atoms with E-state index in [-0.39, 0.29) is 55.4 Å². The molecule has 3 unspecified atom stereocenters. The minimum atomic E-state index is -0.733. The minimum Gasteiger partial charge on any atom is -0.481 e. The fourth-order valence-corrected chi connectivity index (χ4v) is 5.96. The molecule has 1 fully saturated rings. The molecule has 5 nitrogen and oxygen atoms in total. The van der Waals surface area contributed by atoms with E-state index in [0.29, 0.717) is 0 Å². The number of thiophene rings is 1. The largest absolute Gasteiger partial charge is 0.481 e. The molecule has 0 saturated heterocycles. The second kappa shape index (κ2) is 15.1. The Balaban J connectivity index is 1.99. The summed E-state index contributed by atoms with van der Waals surface area (Å²) >= 11 is 1.75. The van der Waals surface area contributed by atoms with Crippen molar-refractivity contribution in [2.24, 2.45) is 11.8 Å². The Morgan fingerprint density at radius 2 is 2.16 bits per heavy atom. The molecule has 2 rings (SSSR count). The predicted molar refractivity (Wildman–Crippen MR) is 137 cm³/mol. The third-order valence-corrected chi connectivity index (χ3v) is 8.08. The number of hydrogen-bond donors (Lipinski definition) is 1. The molecule has 1 heterocycles. The van der Waals surface area contributed by atoms with E-state index in [1.54, 1.807) is 11.3 Å². The molecule has 9 heteroatoms. The first-order chi connectivity index (χ1) is 16.0. The first-order valence-corrected chi connectivity index (χ1v) is 13.1. The van der Waals surface area contributed by atoms with E-state index in [9.17, 15) is 4.79 Å². The third kappa shape index (κ3) is 9.09. The molecule has 0 aromatic carbocycles. The summed E-state index contributed by atoms with van der Waals surface area (Å²) in [6.45, 7) is 2.13. The van der Waals surface area contributed by atoms with Crippen molar-refractivity contribution in [1.82, 2.24) is 0 Å². The van der Waals surface area contributed by atoms with Gasteiger partial charge >= 0.3 is 5.97 Å². The first-order valence-electron chi connectivity index (χ1n) is 11.9. The summed E-state index contributed by atoms with van der Waals surface area (Å²) < 4.78 is 32.4. The molecular weight excluding hydrogens is 469 g/mol. The van der Waals surface area contributed by atoms with Gasteiger partial charge in [-0.05, 0) is 55.5 Å². The number of carboxylic acid groups (broad SMARTS) is 1. The van der Waals surface area contributed by atoms with E-state index in [1.165, 1.54) is 10.4 Å². The average Bonchev–Trinajstić information content (AvgIpc) is 3.35. The molecule has 1 aromatic heterocycles. The van der Waals surface area contributed by atoms with Crippen LogP contribution in [-0.2, 0) is 24.8 Å². The molecule has 1 aromatic rings. The summed E-state index contributed by atoms with van der Waals surface area (Å²) in [5.41, 5.74) is 1.34. The maximum Gasteiger partial charge on any atom is 0.303 e. The highest BCUT2D eigenvalue weighted by Crippen LogP contribution is 2.42. The standard InChI is InChI=1S/C22H37O5P3S/c1-15-16(12-13-31-15)8-9-17(25-28)10-11-19-18(20(26-29)14-21(19)27-30)6-4-2-3-5-7-22(23)24/h10-13,17-21H,2-9,14,28-30H2,1H3,(H,23,24)/t17-,18+,19+,20-,21+/m0/s1/i28T,30T/t17-,18+,19+,20-,21+,28?,30?. The van der Waals surface area contributed by atoms with Crippen molar-refractivity contribution in [3.8, 4) is 0 Å². The number of unbranched alkanes of at least 4 members (excludes halogenated alkanes) is 3. The van der Waals surface area contributed by atoms with Crippen molar-refractivity contribution in [2.45, 2.75) is 83.0 Å². The number of rotatable bonds is 17. The van der Waals surface area contributed by atoms with E-state index in [0.717, 1.165) is 51.4 Å². The van der Waals surface area contributed by atoms with Gasteiger partial charge in [0, 0.05) is 51.9 Å². The average molecular weight is 511 g/mol. The van der Waals surface area contributed by atoms with E-state index in [2.05, 4.69) is 40.0 Å². The van der Waals surface area contributed by atoms with Crippen molar-refractivity contribution in [2.75, 3.05) is 0 Å². The Bertz CT molecular complexity index is 724. The molecule has 0 bridgehead atoms. The van der Waals surface area contributed by atoms with Crippen LogP contribution in [0.2, 0.25) is 0 Å². The number of aliphatic carboxylic acids is 1. The van der Waals surface area contributed by atoms with Crippen molar-refractivity contribution >= 4 is 45.6 Å². The SMILES string of the molecule is [3H]PO[C@H](C=C[C@@H]1[C@@H](CCCCCCC(=O)O)[C@@H](OP)C[C@H]1OP[3H])CCc1ccsc1C. The third-order valence-electron chi connectivity index (χ3n) is 6.23. The van der Waals surface area contributed by atoms with E-state index in [4.69, 9.17) is 21.2 Å². The van der Waals surface area contributed by atoms with E-state index < -0.39 is 5.97 Å². The monoisotopic (exact) mass is 510 g/mol. The van der Waals surface area contributed by atoms with Crippen LogP contribution in [0, 0.1) is 18.8 Å². The van der Waals surface area contributed by atoms with Gasteiger partial charge in [0.25, 0.3) is 0 Å². The lowest BCUT2D eigenvalue weighted by Crippen LogP contribution is -2.21. The number of carbonyl (C=O) groups is 1. The summed E-state index contributed by atoms with van der Waals surface area (Å²) in [6.07, 6.45) is 11.5. The Labute approximate surface area is 200 Å². The fourth-order valence-electron chi connectivity index (χ4n) is 4.44. The second-order valence-corrected chi connectivity index (χ2v) is 10.1. The van der Waals surface area contributed by atoms with Crippen molar-refractivity contribution in [1.29, 1.82) is 2.56 Å². The van der Waals surface area contributed by atoms with Crippen LogP contribution in [0.5, 0.6) is 0 Å². The van der Waals surface area contributed by atoms with Gasteiger partial charge in [-0.25, -0.2) is 0 Å². The zero-order chi connectivity index (χ0) is 24.1. The Morgan fingerprint density at radius 1 is 1.32 bits per heavy atom. The fraction of sp³-hybridized carbons (Fsp3) is 0.682. The lowest BCUT2D eigenvalue weighted by Gasteiger charge is -2.24. The summed E-state index contributed by atoms with van der Waals surface area (Å²) in [6, 6.07) is 2.16. The van der Waals surface area contributed by atoms with Gasteiger partial charge in [-0.15, -0.1) is 11.3 Å². The molecular formula is C22H37O5P3S. The minimum absolute atomic E-state index is 0.0518. The topological polar surface area (TPSA) is 65.0 Å². The predicted octanol–water partition coefficient (Wildman–Crippen LogP) is 6.13. The summed E-state index contributed by atoms with van der Waals surface area (Å²) in [4.78, 5) is 12.0. The van der Waals surface area contributed by atoms with Gasteiger partial charge in [0.1, 0.15) is 0 Å². The van der Waals surface area contributed by atoms with E-state index in [1.807, 2.05) is 0 Å². The van der Waals surface area contributed by atoms with Crippen LogP contribution in [0.1, 0.15) is 61.8 Å². The number of carboxylic acids is 1. The van der Waals surface area contributed by atoms with Gasteiger partial charge in [0.2, 0.25) is 0 Å². The maximum absolute atomic E-state index is 10.7. The lowest BCUT2D eigenvalue weighted by molar-refractivity contribution is -0.137. The van der Waals surface area contributed by atoms with Gasteiger partial charge in [0.15, 0.2) is 0 Å². The van der Waals surface area contributed by atoms with Crippen LogP contribution >= 0.6 is 39.6 Å². The van der Waals surface area contributed by atoms with Crippen LogP contribution in [0.4, 0.5) is 0 Å². The summed E-state index contributed by atoms with van der Waals surface area (Å²) in [7, 11) is 1.75. The van der Waals surface area contributed by atoms with Gasteiger partial charge < -0.3 is 18.7 Å². The van der Waals surface area contributed by atoms with Gasteiger partial charge in [-0.1, -0.05) is 31.4 Å². The Morgan fingerprint density at radius 3 is 2.84 bits per heavy atom. The van der Waals surface area contributed by atoms with Crippen LogP contribution in [-0.4, -0.2) is 31.9 Å². The molecule has 31 heavy (non-hydrogen) atoms. The Kier molecular flexibility index (Phi) is 11.8. The molecule has 8 atom stereocenters. The van der Waals surface area contributed by atoms with Gasteiger partial charge in [-0.2, -0.15) is 0 Å². The quantitative estimate of drug-likeness (QED) is 0.155. The van der Waals surface area contributed by atoms with Gasteiger partial charge in [-0.3, -0.25) is 4.79 Å². The highest BCUT2D eigenvalue weighted by molar-refractivity contribution is 7.10. The lowest BCUT2D eigenvalue weighted by atomic mass is 9.87. The van der Waals surface area contributed by atoms with E-state index >= 15 is 0 Å². The van der Waals surface area contributed by atoms with Crippen LogP contribution in [0.25, 0.3) is 0 Å². The van der Waals surface area contributed by atoms with Crippen LogP contribution in [0.3, 0.4) is 0 Å². The molecule has 1 saturated carbocycles. The first kappa shape index (κ1) is 24.2. The van der Waals surface area contributed by atoms with Crippen LogP contribution in [0.15, 0.2) is 23.6 Å². The second-order valence-electron chi connectivity index (χ2n) is 8.24. The van der Waals surface area contributed by atoms with Gasteiger partial charge in [0.05, 0.1) is 20.9 Å². The zero-order valence-electron chi connectivity index (χ0n) is 20.1. The molecule has 176 valence electrons. The summed E-state index contributed by atoms with van der Waals surface area (Å²) in [5, 5.41) is 10.9. The molecule has 0 amide bonds. The normalized spacial score (nSPS) is 26.4. The van der Waals surface area contributed by atoms with Crippen molar-refractivity contribution in [3.63, 3.8) is 0 Å². The zero-order valence-corrected chi connectivity index (χ0v) is 22.1. The highest BCUT2D eigenvalue weighted by Gasteiger charge is 2.42.